The topological polar surface area (TPSA) is 51.3 Å². The fourth-order valence-electron chi connectivity index (χ4n) is 4.41. The first-order chi connectivity index (χ1) is 16.5. The fraction of sp³-hybridized carbons (Fsp3) is 0.103. The normalized spacial score (nSPS) is 11.4. The van der Waals surface area contributed by atoms with E-state index < -0.39 is 0 Å². The number of amides is 1. The van der Waals surface area contributed by atoms with Crippen molar-refractivity contribution in [2.45, 2.75) is 13.8 Å². The first kappa shape index (κ1) is 21.5. The third-order valence-corrected chi connectivity index (χ3v) is 6.34. The zero-order valence-electron chi connectivity index (χ0n) is 19.5. The van der Waals surface area contributed by atoms with E-state index in [1.54, 1.807) is 6.21 Å². The number of hydrazone groups is 1. The van der Waals surface area contributed by atoms with Gasteiger partial charge < -0.3 is 9.13 Å². The second-order valence-corrected chi connectivity index (χ2v) is 8.38. The van der Waals surface area contributed by atoms with Crippen LogP contribution in [-0.2, 0) is 7.05 Å². The number of nitrogens with zero attached hydrogens (tertiary/aromatic N) is 3. The Bertz CT molecular complexity index is 1510. The summed E-state index contributed by atoms with van der Waals surface area (Å²) < 4.78 is 4.32. The Labute approximate surface area is 199 Å². The van der Waals surface area contributed by atoms with Gasteiger partial charge in [-0.2, -0.15) is 5.10 Å². The lowest BCUT2D eigenvalue weighted by Gasteiger charge is -2.12. The molecule has 0 bridgehead atoms. The molecule has 168 valence electrons. The van der Waals surface area contributed by atoms with E-state index in [0.29, 0.717) is 5.56 Å². The highest BCUT2D eigenvalue weighted by Gasteiger charge is 2.12. The van der Waals surface area contributed by atoms with Gasteiger partial charge in [-0.3, -0.25) is 4.79 Å². The molecule has 34 heavy (non-hydrogen) atoms. The summed E-state index contributed by atoms with van der Waals surface area (Å²) >= 11 is 0. The summed E-state index contributed by atoms with van der Waals surface area (Å²) in [4.78, 5) is 12.7. The number of carbonyl (C=O) groups is 1. The molecule has 5 heteroatoms. The van der Waals surface area contributed by atoms with Gasteiger partial charge in [0.2, 0.25) is 0 Å². The Morgan fingerprint density at radius 2 is 1.56 bits per heavy atom. The summed E-state index contributed by atoms with van der Waals surface area (Å²) in [6.07, 6.45) is 1.72. The van der Waals surface area contributed by atoms with Crippen LogP contribution in [0.1, 0.15) is 27.3 Å². The molecule has 5 nitrogen and oxygen atoms in total. The van der Waals surface area contributed by atoms with Crippen LogP contribution in [0.25, 0.3) is 27.8 Å². The molecule has 0 aliphatic carbocycles. The maximum Gasteiger partial charge on any atom is 0.271 e. The van der Waals surface area contributed by atoms with Crippen LogP contribution in [0.15, 0.2) is 96.1 Å². The number of hydrogen-bond acceptors (Lipinski definition) is 2. The summed E-state index contributed by atoms with van der Waals surface area (Å²) in [6, 6.07) is 30.3. The van der Waals surface area contributed by atoms with Gasteiger partial charge >= 0.3 is 0 Å². The number of aromatic nitrogens is 2. The molecular formula is C29H26N4O. The monoisotopic (exact) mass is 446 g/mol. The van der Waals surface area contributed by atoms with E-state index in [1.807, 2.05) is 61.6 Å². The van der Waals surface area contributed by atoms with Crippen molar-refractivity contribution in [3.05, 3.63) is 114 Å². The zero-order chi connectivity index (χ0) is 23.7. The molecule has 0 saturated heterocycles. The molecule has 5 rings (SSSR count). The van der Waals surface area contributed by atoms with E-state index in [9.17, 15) is 4.79 Å². The summed E-state index contributed by atoms with van der Waals surface area (Å²) in [7, 11) is 2.03. The maximum atomic E-state index is 12.7. The third-order valence-electron chi connectivity index (χ3n) is 6.34. The SMILES string of the molecule is Cc1ccc(-c2ccccc2)n1-c1ccc(C(=O)N/N=C/c2c(C)n(C)c3ccccc23)cc1. The predicted molar refractivity (Wildman–Crippen MR) is 139 cm³/mol. The van der Waals surface area contributed by atoms with Gasteiger partial charge in [-0.25, -0.2) is 5.43 Å². The lowest BCUT2D eigenvalue weighted by atomic mass is 10.1. The summed E-state index contributed by atoms with van der Waals surface area (Å²) in [5.74, 6) is -0.242. The van der Waals surface area contributed by atoms with E-state index in [0.717, 1.165) is 44.8 Å². The van der Waals surface area contributed by atoms with Crippen LogP contribution in [0.4, 0.5) is 0 Å². The van der Waals surface area contributed by atoms with Gasteiger partial charge in [-0.15, -0.1) is 0 Å². The van der Waals surface area contributed by atoms with E-state index in [4.69, 9.17) is 0 Å². The smallest absolute Gasteiger partial charge is 0.271 e. The molecule has 0 spiro atoms. The molecule has 0 aliphatic heterocycles. The quantitative estimate of drug-likeness (QED) is 0.261. The van der Waals surface area contributed by atoms with Crippen molar-refractivity contribution < 1.29 is 4.79 Å². The number of para-hydroxylation sites is 1. The lowest BCUT2D eigenvalue weighted by Crippen LogP contribution is -2.17. The van der Waals surface area contributed by atoms with Crippen LogP contribution < -0.4 is 5.43 Å². The van der Waals surface area contributed by atoms with Crippen LogP contribution in [0.2, 0.25) is 0 Å². The highest BCUT2D eigenvalue weighted by molar-refractivity contribution is 6.02. The summed E-state index contributed by atoms with van der Waals surface area (Å²) in [6.45, 7) is 4.13. The van der Waals surface area contributed by atoms with Gasteiger partial charge in [-0.1, -0.05) is 48.5 Å². The molecule has 0 unspecified atom stereocenters. The maximum absolute atomic E-state index is 12.7. The molecule has 0 saturated carbocycles. The minimum absolute atomic E-state index is 0.242. The Morgan fingerprint density at radius 1 is 0.853 bits per heavy atom. The molecule has 0 atom stereocenters. The number of carbonyl (C=O) groups excluding carboxylic acids is 1. The molecule has 0 radical (unpaired) electrons. The molecule has 2 aromatic heterocycles. The van der Waals surface area contributed by atoms with Crippen LogP contribution in [0.5, 0.6) is 0 Å². The Kier molecular flexibility index (Phi) is 5.60. The van der Waals surface area contributed by atoms with E-state index in [2.05, 4.69) is 69.9 Å². The third kappa shape index (κ3) is 3.82. The zero-order valence-corrected chi connectivity index (χ0v) is 19.5. The second kappa shape index (κ2) is 8.87. The van der Waals surface area contributed by atoms with Gasteiger partial charge in [0.15, 0.2) is 0 Å². The standard InChI is InChI=1S/C29H26N4O/c1-20-13-18-27(22-9-5-4-6-10-22)33(20)24-16-14-23(15-17-24)29(34)31-30-19-26-21(2)32(3)28-12-8-7-11-25(26)28/h4-19H,1-3H3,(H,31,34)/b30-19+. The van der Waals surface area contributed by atoms with Crippen LogP contribution in [0.3, 0.4) is 0 Å². The first-order valence-electron chi connectivity index (χ1n) is 11.3. The molecule has 5 aromatic rings. The Morgan fingerprint density at radius 3 is 2.32 bits per heavy atom. The van der Waals surface area contributed by atoms with Crippen molar-refractivity contribution in [2.75, 3.05) is 0 Å². The van der Waals surface area contributed by atoms with Crippen molar-refractivity contribution >= 4 is 23.0 Å². The Balaban J connectivity index is 1.35. The number of rotatable bonds is 5. The van der Waals surface area contributed by atoms with E-state index in [-0.39, 0.29) is 5.91 Å². The minimum atomic E-state index is -0.242. The van der Waals surface area contributed by atoms with E-state index in [1.165, 1.54) is 0 Å². The molecule has 0 fully saturated rings. The first-order valence-corrected chi connectivity index (χ1v) is 11.3. The van der Waals surface area contributed by atoms with Gasteiger partial charge in [0, 0.05) is 46.2 Å². The van der Waals surface area contributed by atoms with Crippen LogP contribution in [-0.4, -0.2) is 21.3 Å². The predicted octanol–water partition coefficient (Wildman–Crippen LogP) is 6.02. The van der Waals surface area contributed by atoms with Gasteiger partial charge in [0.25, 0.3) is 5.91 Å². The number of benzene rings is 3. The number of fused-ring (bicyclic) bond motifs is 1. The van der Waals surface area contributed by atoms with Crippen molar-refractivity contribution in [1.29, 1.82) is 0 Å². The van der Waals surface area contributed by atoms with Gasteiger partial charge in [0.1, 0.15) is 0 Å². The van der Waals surface area contributed by atoms with Crippen molar-refractivity contribution in [1.82, 2.24) is 14.6 Å². The van der Waals surface area contributed by atoms with Gasteiger partial charge in [-0.05, 0) is 61.9 Å². The lowest BCUT2D eigenvalue weighted by molar-refractivity contribution is 0.0955. The molecule has 3 aromatic carbocycles. The highest BCUT2D eigenvalue weighted by Crippen LogP contribution is 2.26. The second-order valence-electron chi connectivity index (χ2n) is 8.38. The van der Waals surface area contributed by atoms with E-state index >= 15 is 0 Å². The fourth-order valence-corrected chi connectivity index (χ4v) is 4.41. The molecular weight excluding hydrogens is 420 g/mol. The van der Waals surface area contributed by atoms with Crippen LogP contribution >= 0.6 is 0 Å². The largest absolute Gasteiger partial charge is 0.347 e. The molecule has 1 N–H and O–H groups in total. The average Bonchev–Trinajstić information content (AvgIpc) is 3.37. The molecule has 2 heterocycles. The minimum Gasteiger partial charge on any atom is -0.347 e. The number of hydrogen-bond donors (Lipinski definition) is 1. The number of nitrogens with one attached hydrogen (secondary N) is 1. The average molecular weight is 447 g/mol. The molecule has 0 aliphatic rings. The Hall–Kier alpha value is -4.38. The van der Waals surface area contributed by atoms with Crippen molar-refractivity contribution in [3.8, 4) is 16.9 Å². The van der Waals surface area contributed by atoms with Crippen molar-refractivity contribution in [3.63, 3.8) is 0 Å². The summed E-state index contributed by atoms with van der Waals surface area (Å²) in [5, 5.41) is 5.35. The summed E-state index contributed by atoms with van der Waals surface area (Å²) in [5.41, 5.74) is 10.9. The highest BCUT2D eigenvalue weighted by atomic mass is 16.2. The van der Waals surface area contributed by atoms with Gasteiger partial charge in [0.05, 0.1) is 11.9 Å². The molecule has 1 amide bonds. The number of aryl methyl sites for hydroxylation is 2. The van der Waals surface area contributed by atoms with Crippen LogP contribution in [0, 0.1) is 13.8 Å². The van der Waals surface area contributed by atoms with Crippen molar-refractivity contribution in [2.24, 2.45) is 12.1 Å².